The van der Waals surface area contributed by atoms with E-state index in [0.29, 0.717) is 31.9 Å². The first-order chi connectivity index (χ1) is 11.7. The molecule has 0 amide bonds. The average molecular weight is 322 g/mol. The van der Waals surface area contributed by atoms with Crippen LogP contribution in [-0.2, 0) is 4.65 Å². The summed E-state index contributed by atoms with van der Waals surface area (Å²) in [6, 6.07) is 9.87. The molecule has 0 fully saturated rings. The fourth-order valence-electron chi connectivity index (χ4n) is 2.37. The summed E-state index contributed by atoms with van der Waals surface area (Å²) in [5.41, 5.74) is 0.955. The van der Waals surface area contributed by atoms with Gasteiger partial charge in [-0.2, -0.15) is 0 Å². The molecule has 0 N–H and O–H groups in total. The minimum absolute atomic E-state index is 0.315. The molecule has 0 heterocycles. The Kier molecular flexibility index (Phi) is 9.28. The molecule has 0 saturated carbocycles. The lowest BCUT2D eigenvalue weighted by molar-refractivity contribution is 0.308. The first-order valence-corrected chi connectivity index (χ1v) is 8.00. The Morgan fingerprint density at radius 2 is 1.25 bits per heavy atom. The lowest BCUT2D eigenvalue weighted by atomic mass is 9.91. The van der Waals surface area contributed by atoms with Crippen LogP contribution >= 0.6 is 0 Å². The van der Waals surface area contributed by atoms with E-state index in [0.717, 1.165) is 5.56 Å². The molecule has 0 aliphatic rings. The van der Waals surface area contributed by atoms with Crippen molar-refractivity contribution < 1.29 is 4.65 Å². The molecule has 1 aromatic carbocycles. The highest BCUT2D eigenvalue weighted by Crippen LogP contribution is 2.17. The molecule has 0 spiro atoms. The van der Waals surface area contributed by atoms with Gasteiger partial charge in [-0.05, 0) is 0 Å². The normalized spacial score (nSPS) is 10.2. The molecule has 3 nitrogen and oxygen atoms in total. The lowest BCUT2D eigenvalue weighted by Crippen LogP contribution is -2.54. The van der Waals surface area contributed by atoms with Crippen LogP contribution in [0.25, 0.3) is 5.76 Å². The van der Waals surface area contributed by atoms with Crippen molar-refractivity contribution in [1.29, 1.82) is 0 Å². The van der Waals surface area contributed by atoms with Crippen LogP contribution in [0.15, 0.2) is 87.5 Å². The van der Waals surface area contributed by atoms with Crippen LogP contribution in [0.1, 0.15) is 5.56 Å². The van der Waals surface area contributed by atoms with Crippen molar-refractivity contribution in [1.82, 2.24) is 9.62 Å². The van der Waals surface area contributed by atoms with Gasteiger partial charge in [0.25, 0.3) is 0 Å². The highest BCUT2D eigenvalue weighted by Gasteiger charge is 2.33. The molecule has 0 aliphatic carbocycles. The molecule has 0 atom stereocenters. The van der Waals surface area contributed by atoms with E-state index in [4.69, 9.17) is 4.65 Å². The monoisotopic (exact) mass is 322 g/mol. The predicted molar refractivity (Wildman–Crippen MR) is 106 cm³/mol. The molecule has 1 rings (SSSR count). The average Bonchev–Trinajstić information content (AvgIpc) is 2.60. The second kappa shape index (κ2) is 11.3. The third-order valence-electron chi connectivity index (χ3n) is 3.42. The van der Waals surface area contributed by atoms with Crippen LogP contribution in [0.4, 0.5) is 0 Å². The van der Waals surface area contributed by atoms with E-state index in [1.807, 2.05) is 54.6 Å². The molecule has 0 aromatic heterocycles. The van der Waals surface area contributed by atoms with Gasteiger partial charge >= 0.3 is 7.19 Å². The van der Waals surface area contributed by atoms with Gasteiger partial charge in [0.05, 0.1) is 0 Å². The number of hydrogen-bond donors (Lipinski definition) is 0. The van der Waals surface area contributed by atoms with Crippen LogP contribution < -0.4 is 0 Å². The Hall–Kier alpha value is -2.30. The summed E-state index contributed by atoms with van der Waals surface area (Å²) < 4.78 is 6.24. The topological polar surface area (TPSA) is 15.7 Å². The Bertz CT molecular complexity index is 512. The Morgan fingerprint density at radius 1 is 0.833 bits per heavy atom. The first-order valence-electron chi connectivity index (χ1n) is 8.00. The van der Waals surface area contributed by atoms with Crippen LogP contribution in [0, 0.1) is 0 Å². The molecule has 0 saturated heterocycles. The zero-order valence-corrected chi connectivity index (χ0v) is 14.4. The maximum absolute atomic E-state index is 6.24. The van der Waals surface area contributed by atoms with Crippen molar-refractivity contribution in [2.45, 2.75) is 0 Å². The lowest BCUT2D eigenvalue weighted by Gasteiger charge is -2.34. The van der Waals surface area contributed by atoms with Crippen molar-refractivity contribution in [3.8, 4) is 0 Å². The number of nitrogens with zero attached hydrogens (tertiary/aromatic N) is 2. The Balaban J connectivity index is 3.06. The standard InChI is InChI=1S/C20H27BN2O/c1-6-15-22(16-7-2)21(23(17-8-3)18-9-4)24-19(5)20-13-11-10-12-14-20/h6-14H,1-5,15-18H2. The highest BCUT2D eigenvalue weighted by molar-refractivity contribution is 6.46. The molecule has 0 unspecified atom stereocenters. The van der Waals surface area contributed by atoms with Crippen molar-refractivity contribution in [2.24, 2.45) is 0 Å². The zero-order valence-electron chi connectivity index (χ0n) is 14.4. The van der Waals surface area contributed by atoms with Crippen LogP contribution in [0.2, 0.25) is 0 Å². The minimum atomic E-state index is -0.315. The predicted octanol–water partition coefficient (Wildman–Crippen LogP) is 4.01. The fourth-order valence-corrected chi connectivity index (χ4v) is 2.37. The summed E-state index contributed by atoms with van der Waals surface area (Å²) in [5, 5.41) is 0. The van der Waals surface area contributed by atoms with Crippen LogP contribution in [-0.4, -0.2) is 43.0 Å². The fraction of sp³-hybridized carbons (Fsp3) is 0.200. The SMILES string of the molecule is C=CCN(CC=C)B(OC(=C)c1ccccc1)N(CC=C)CC=C. The molecular weight excluding hydrogens is 295 g/mol. The van der Waals surface area contributed by atoms with E-state index in [2.05, 4.69) is 42.5 Å². The summed E-state index contributed by atoms with van der Waals surface area (Å²) in [6.07, 6.45) is 7.41. The maximum atomic E-state index is 6.24. The molecule has 0 radical (unpaired) electrons. The second-order valence-electron chi connectivity index (χ2n) is 5.30. The van der Waals surface area contributed by atoms with Gasteiger partial charge in [0.15, 0.2) is 0 Å². The van der Waals surface area contributed by atoms with Gasteiger partial charge in [-0.1, -0.05) is 61.2 Å². The Morgan fingerprint density at radius 3 is 1.62 bits per heavy atom. The van der Waals surface area contributed by atoms with Gasteiger partial charge in [0, 0.05) is 31.7 Å². The van der Waals surface area contributed by atoms with Crippen molar-refractivity contribution >= 4 is 12.9 Å². The highest BCUT2D eigenvalue weighted by atomic mass is 16.5. The second-order valence-corrected chi connectivity index (χ2v) is 5.30. The largest absolute Gasteiger partial charge is 0.549 e. The molecule has 1 aromatic rings. The third kappa shape index (κ3) is 6.07. The first kappa shape index (κ1) is 19.8. The van der Waals surface area contributed by atoms with Gasteiger partial charge in [0.1, 0.15) is 5.76 Å². The minimum Gasteiger partial charge on any atom is -0.533 e. The summed E-state index contributed by atoms with van der Waals surface area (Å²) in [4.78, 5) is 4.25. The number of benzene rings is 1. The van der Waals surface area contributed by atoms with Crippen LogP contribution in [0.5, 0.6) is 0 Å². The molecular formula is C20H27BN2O. The number of hydrogen-bond acceptors (Lipinski definition) is 3. The van der Waals surface area contributed by atoms with E-state index in [1.165, 1.54) is 0 Å². The molecule has 4 heteroatoms. The maximum Gasteiger partial charge on any atom is 0.549 e. The van der Waals surface area contributed by atoms with Gasteiger partial charge in [-0.3, -0.25) is 9.62 Å². The van der Waals surface area contributed by atoms with E-state index < -0.39 is 0 Å². The summed E-state index contributed by atoms with van der Waals surface area (Å²) in [6.45, 7) is 22.1. The van der Waals surface area contributed by atoms with E-state index in [9.17, 15) is 0 Å². The summed E-state index contributed by atoms with van der Waals surface area (Å²) in [5.74, 6) is 0.622. The zero-order chi connectivity index (χ0) is 17.8. The van der Waals surface area contributed by atoms with Gasteiger partial charge in [0.2, 0.25) is 0 Å². The molecule has 0 aliphatic heterocycles. The van der Waals surface area contributed by atoms with Crippen molar-refractivity contribution in [3.05, 3.63) is 93.1 Å². The van der Waals surface area contributed by atoms with E-state index in [1.54, 1.807) is 0 Å². The Labute approximate surface area is 147 Å². The smallest absolute Gasteiger partial charge is 0.533 e. The van der Waals surface area contributed by atoms with Gasteiger partial charge in [-0.25, -0.2) is 0 Å². The number of rotatable bonds is 13. The van der Waals surface area contributed by atoms with E-state index in [-0.39, 0.29) is 7.19 Å². The van der Waals surface area contributed by atoms with Crippen molar-refractivity contribution in [3.63, 3.8) is 0 Å². The van der Waals surface area contributed by atoms with E-state index >= 15 is 0 Å². The molecule has 24 heavy (non-hydrogen) atoms. The summed E-state index contributed by atoms with van der Waals surface area (Å²) >= 11 is 0. The van der Waals surface area contributed by atoms with Gasteiger partial charge in [-0.15, -0.1) is 26.3 Å². The third-order valence-corrected chi connectivity index (χ3v) is 3.42. The summed E-state index contributed by atoms with van der Waals surface area (Å²) in [7, 11) is -0.315. The molecule has 126 valence electrons. The van der Waals surface area contributed by atoms with Crippen molar-refractivity contribution in [2.75, 3.05) is 26.2 Å². The van der Waals surface area contributed by atoms with Gasteiger partial charge < -0.3 is 4.65 Å². The van der Waals surface area contributed by atoms with Crippen LogP contribution in [0.3, 0.4) is 0 Å². The molecule has 0 bridgehead atoms. The quantitative estimate of drug-likeness (QED) is 0.310.